The lowest BCUT2D eigenvalue weighted by molar-refractivity contribution is 0.100. The molecule has 0 atom stereocenters. The van der Waals surface area contributed by atoms with Crippen molar-refractivity contribution in [3.05, 3.63) is 23.5 Å². The molecule has 4 N–H and O–H groups in total. The van der Waals surface area contributed by atoms with Crippen LogP contribution in [0.3, 0.4) is 0 Å². The third-order valence-electron chi connectivity index (χ3n) is 2.21. The number of amides is 1. The Labute approximate surface area is 96.0 Å². The number of nitrogens with zero attached hydrogens (tertiary/aromatic N) is 1. The van der Waals surface area contributed by atoms with E-state index in [-0.39, 0.29) is 16.9 Å². The van der Waals surface area contributed by atoms with Gasteiger partial charge in [0, 0.05) is 12.7 Å². The van der Waals surface area contributed by atoms with Gasteiger partial charge in [-0.3, -0.25) is 4.79 Å². The largest absolute Gasteiger partial charge is 0.398 e. The van der Waals surface area contributed by atoms with Crippen molar-refractivity contribution in [1.29, 1.82) is 0 Å². The Morgan fingerprint density at radius 2 is 2.06 bits per heavy atom. The third kappa shape index (κ3) is 3.02. The minimum atomic E-state index is -2.62. The van der Waals surface area contributed by atoms with Gasteiger partial charge in [0.05, 0.1) is 17.8 Å². The van der Waals surface area contributed by atoms with Crippen LogP contribution in [-0.2, 0) is 0 Å². The zero-order valence-corrected chi connectivity index (χ0v) is 9.08. The molecule has 7 heteroatoms. The number of rotatable bonds is 4. The van der Waals surface area contributed by atoms with Gasteiger partial charge in [0.25, 0.3) is 12.3 Å². The summed E-state index contributed by atoms with van der Waals surface area (Å²) in [5.74, 6) is -1.62. The summed E-state index contributed by atoms with van der Waals surface area (Å²) in [6.07, 6.45) is -2.62. The molecule has 1 aromatic rings. The molecule has 0 unspecified atom stereocenters. The van der Waals surface area contributed by atoms with Gasteiger partial charge in [0.15, 0.2) is 0 Å². The molecule has 0 aliphatic heterocycles. The molecule has 0 fully saturated rings. The zero-order chi connectivity index (χ0) is 13.2. The topological polar surface area (TPSA) is 72.3 Å². The SMILES string of the molecule is CN(CC(F)F)c1cc(C(N)=O)c(N)cc1F. The molecule has 0 saturated carbocycles. The van der Waals surface area contributed by atoms with Crippen molar-refractivity contribution in [2.45, 2.75) is 6.43 Å². The van der Waals surface area contributed by atoms with Gasteiger partial charge < -0.3 is 16.4 Å². The van der Waals surface area contributed by atoms with Crippen molar-refractivity contribution in [2.24, 2.45) is 5.73 Å². The molecule has 0 aromatic heterocycles. The summed E-state index contributed by atoms with van der Waals surface area (Å²) in [7, 11) is 1.28. The standard InChI is InChI=1S/C10H12F3N3O/c1-16(4-9(12)13)8-2-5(10(15)17)7(14)3-6(8)11/h2-3,9H,4,14H2,1H3,(H2,15,17). The molecule has 0 bridgehead atoms. The van der Waals surface area contributed by atoms with Crippen LogP contribution in [0.25, 0.3) is 0 Å². The number of hydrogen-bond acceptors (Lipinski definition) is 3. The van der Waals surface area contributed by atoms with E-state index in [1.165, 1.54) is 7.05 Å². The number of benzene rings is 1. The normalized spacial score (nSPS) is 10.6. The van der Waals surface area contributed by atoms with Gasteiger partial charge in [-0.15, -0.1) is 0 Å². The van der Waals surface area contributed by atoms with E-state index in [9.17, 15) is 18.0 Å². The van der Waals surface area contributed by atoms with Gasteiger partial charge in [-0.1, -0.05) is 0 Å². The van der Waals surface area contributed by atoms with Gasteiger partial charge in [0.2, 0.25) is 0 Å². The van der Waals surface area contributed by atoms with E-state index in [1.54, 1.807) is 0 Å². The number of carbonyl (C=O) groups excluding carboxylic acids is 1. The summed E-state index contributed by atoms with van der Waals surface area (Å²) in [5, 5.41) is 0. The minimum Gasteiger partial charge on any atom is -0.398 e. The molecule has 0 spiro atoms. The molecule has 17 heavy (non-hydrogen) atoms. The molecule has 1 aromatic carbocycles. The summed E-state index contributed by atoms with van der Waals surface area (Å²) in [6, 6.07) is 1.95. The van der Waals surface area contributed by atoms with E-state index >= 15 is 0 Å². The molecule has 0 aliphatic carbocycles. The van der Waals surface area contributed by atoms with Gasteiger partial charge in [-0.25, -0.2) is 13.2 Å². The first-order valence-electron chi connectivity index (χ1n) is 4.71. The lowest BCUT2D eigenvalue weighted by Crippen LogP contribution is -2.26. The minimum absolute atomic E-state index is 0.0949. The Morgan fingerprint density at radius 3 is 2.53 bits per heavy atom. The fraction of sp³-hybridized carbons (Fsp3) is 0.300. The average Bonchev–Trinajstić information content (AvgIpc) is 2.15. The maximum Gasteiger partial charge on any atom is 0.255 e. The van der Waals surface area contributed by atoms with Crippen molar-refractivity contribution in [1.82, 2.24) is 0 Å². The Balaban J connectivity index is 3.15. The summed E-state index contributed by atoms with van der Waals surface area (Å²) in [4.78, 5) is 12.0. The van der Waals surface area contributed by atoms with Crippen LogP contribution in [0.5, 0.6) is 0 Å². The highest BCUT2D eigenvalue weighted by Gasteiger charge is 2.16. The van der Waals surface area contributed by atoms with Gasteiger partial charge in [-0.2, -0.15) is 0 Å². The van der Waals surface area contributed by atoms with Crippen molar-refractivity contribution >= 4 is 17.3 Å². The van der Waals surface area contributed by atoms with Crippen LogP contribution in [0, 0.1) is 5.82 Å². The number of primary amides is 1. The van der Waals surface area contributed by atoms with Crippen LogP contribution >= 0.6 is 0 Å². The fourth-order valence-electron chi connectivity index (χ4n) is 1.39. The summed E-state index contributed by atoms with van der Waals surface area (Å²) in [6.45, 7) is -0.654. The molecule has 4 nitrogen and oxygen atoms in total. The van der Waals surface area contributed by atoms with Crippen LogP contribution < -0.4 is 16.4 Å². The summed E-state index contributed by atoms with van der Waals surface area (Å²) < 4.78 is 37.8. The Hall–Kier alpha value is -1.92. The maximum atomic E-state index is 13.5. The number of carbonyl (C=O) groups is 1. The van der Waals surface area contributed by atoms with E-state index in [1.807, 2.05) is 0 Å². The van der Waals surface area contributed by atoms with Crippen LogP contribution in [0.4, 0.5) is 24.5 Å². The quantitative estimate of drug-likeness (QED) is 0.785. The number of hydrogen-bond donors (Lipinski definition) is 2. The van der Waals surface area contributed by atoms with Gasteiger partial charge in [-0.05, 0) is 12.1 Å². The highest BCUT2D eigenvalue weighted by molar-refractivity contribution is 5.99. The van der Waals surface area contributed by atoms with E-state index in [0.717, 1.165) is 17.0 Å². The van der Waals surface area contributed by atoms with E-state index in [4.69, 9.17) is 11.5 Å². The van der Waals surface area contributed by atoms with Crippen LogP contribution in [0.1, 0.15) is 10.4 Å². The molecule has 94 valence electrons. The smallest absolute Gasteiger partial charge is 0.255 e. The highest BCUT2D eigenvalue weighted by Crippen LogP contribution is 2.25. The van der Waals surface area contributed by atoms with Crippen LogP contribution in [0.15, 0.2) is 12.1 Å². The van der Waals surface area contributed by atoms with Crippen molar-refractivity contribution in [3.8, 4) is 0 Å². The van der Waals surface area contributed by atoms with Crippen LogP contribution in [0.2, 0.25) is 0 Å². The van der Waals surface area contributed by atoms with Crippen molar-refractivity contribution < 1.29 is 18.0 Å². The van der Waals surface area contributed by atoms with E-state index in [0.29, 0.717) is 0 Å². The lowest BCUT2D eigenvalue weighted by Gasteiger charge is -2.20. The number of alkyl halides is 2. The average molecular weight is 247 g/mol. The molecule has 0 radical (unpaired) electrons. The Morgan fingerprint density at radius 1 is 1.47 bits per heavy atom. The number of nitrogen functional groups attached to an aromatic ring is 1. The lowest BCUT2D eigenvalue weighted by atomic mass is 10.1. The number of anilines is 2. The van der Waals surface area contributed by atoms with Crippen LogP contribution in [-0.4, -0.2) is 25.9 Å². The molecular weight excluding hydrogens is 235 g/mol. The first-order chi connectivity index (χ1) is 7.82. The summed E-state index contributed by atoms with van der Waals surface area (Å²) >= 11 is 0. The first kappa shape index (κ1) is 13.1. The molecule has 1 amide bonds. The molecule has 0 aliphatic rings. The second-order valence-corrected chi connectivity index (χ2v) is 3.53. The third-order valence-corrected chi connectivity index (χ3v) is 2.21. The predicted molar refractivity (Wildman–Crippen MR) is 58.6 cm³/mol. The Kier molecular flexibility index (Phi) is 3.82. The second-order valence-electron chi connectivity index (χ2n) is 3.53. The Bertz CT molecular complexity index is 437. The number of halogens is 3. The second kappa shape index (κ2) is 4.94. The van der Waals surface area contributed by atoms with Crippen molar-refractivity contribution in [2.75, 3.05) is 24.2 Å². The van der Waals surface area contributed by atoms with Gasteiger partial charge >= 0.3 is 0 Å². The molecule has 1 rings (SSSR count). The maximum absolute atomic E-state index is 13.5. The number of nitrogens with two attached hydrogens (primary N) is 2. The predicted octanol–water partition coefficient (Wildman–Crippen LogP) is 1.21. The molecule has 0 heterocycles. The fourth-order valence-corrected chi connectivity index (χ4v) is 1.39. The molecule has 0 saturated heterocycles. The van der Waals surface area contributed by atoms with Crippen molar-refractivity contribution in [3.63, 3.8) is 0 Å². The monoisotopic (exact) mass is 247 g/mol. The summed E-state index contributed by atoms with van der Waals surface area (Å²) in [5.41, 5.74) is 10.1. The van der Waals surface area contributed by atoms with E-state index < -0.39 is 24.7 Å². The highest BCUT2D eigenvalue weighted by atomic mass is 19.3. The molecular formula is C10H12F3N3O. The zero-order valence-electron chi connectivity index (χ0n) is 9.08. The van der Waals surface area contributed by atoms with Gasteiger partial charge in [0.1, 0.15) is 5.82 Å². The first-order valence-corrected chi connectivity index (χ1v) is 4.71. The van der Waals surface area contributed by atoms with E-state index in [2.05, 4.69) is 0 Å².